The summed E-state index contributed by atoms with van der Waals surface area (Å²) < 4.78 is 7.65. The lowest BCUT2D eigenvalue weighted by molar-refractivity contribution is 0.280. The molecule has 1 aliphatic heterocycles. The van der Waals surface area contributed by atoms with E-state index in [4.69, 9.17) is 17.0 Å². The van der Waals surface area contributed by atoms with Gasteiger partial charge < -0.3 is 19.5 Å². The van der Waals surface area contributed by atoms with E-state index in [1.165, 1.54) is 5.69 Å². The second-order valence-corrected chi connectivity index (χ2v) is 8.06. The number of nitrogens with zero attached hydrogens (tertiary/aromatic N) is 3. The summed E-state index contributed by atoms with van der Waals surface area (Å²) in [5.41, 5.74) is 3.22. The minimum Gasteiger partial charge on any atom is -0.497 e. The highest BCUT2D eigenvalue weighted by Crippen LogP contribution is 2.40. The second kappa shape index (κ2) is 8.25. The highest BCUT2D eigenvalue weighted by Gasteiger charge is 2.41. The van der Waals surface area contributed by atoms with Crippen LogP contribution in [0.5, 0.6) is 5.75 Å². The molecule has 0 bridgehead atoms. The van der Waals surface area contributed by atoms with Gasteiger partial charge in [-0.25, -0.2) is 0 Å². The number of methoxy groups -OCH3 is 1. The lowest BCUT2D eigenvalue weighted by atomic mass is 10.0. The Bertz CT molecular complexity index is 985. The summed E-state index contributed by atoms with van der Waals surface area (Å²) in [5, 5.41) is 4.30. The van der Waals surface area contributed by atoms with Crippen LogP contribution in [-0.4, -0.2) is 33.2 Å². The molecular weight excluding hydrogens is 380 g/mol. The molecule has 0 saturated carbocycles. The summed E-state index contributed by atoms with van der Waals surface area (Å²) in [6.07, 6.45) is 3.93. The molecule has 4 rings (SSSR count). The molecule has 150 valence electrons. The number of thiocarbonyl (C=S) groups is 1. The average Bonchev–Trinajstić information content (AvgIpc) is 3.33. The van der Waals surface area contributed by atoms with Crippen molar-refractivity contribution in [3.05, 3.63) is 78.4 Å². The van der Waals surface area contributed by atoms with Crippen molar-refractivity contribution in [2.24, 2.45) is 5.92 Å². The van der Waals surface area contributed by atoms with E-state index in [-0.39, 0.29) is 12.1 Å². The lowest BCUT2D eigenvalue weighted by Crippen LogP contribution is -2.33. The second-order valence-electron chi connectivity index (χ2n) is 7.68. The number of ether oxygens (including phenoxy) is 1. The van der Waals surface area contributed by atoms with Gasteiger partial charge in [-0.05, 0) is 54.5 Å². The van der Waals surface area contributed by atoms with Crippen molar-refractivity contribution in [2.75, 3.05) is 13.7 Å². The molecule has 1 saturated heterocycles. The van der Waals surface area contributed by atoms with Gasteiger partial charge >= 0.3 is 0 Å². The summed E-state index contributed by atoms with van der Waals surface area (Å²) in [5.74, 6) is 1.32. The molecule has 1 fully saturated rings. The van der Waals surface area contributed by atoms with Crippen LogP contribution in [0.4, 0.5) is 0 Å². The van der Waals surface area contributed by atoms with Gasteiger partial charge in [0.2, 0.25) is 0 Å². The minimum absolute atomic E-state index is 0.0123. The van der Waals surface area contributed by atoms with Gasteiger partial charge in [0.05, 0.1) is 24.9 Å². The van der Waals surface area contributed by atoms with Crippen LogP contribution in [-0.2, 0) is 0 Å². The first-order chi connectivity index (χ1) is 14.1. The van der Waals surface area contributed by atoms with Crippen molar-refractivity contribution in [3.8, 4) is 11.4 Å². The first kappa shape index (κ1) is 19.5. The molecule has 1 aliphatic rings. The number of aromatic nitrogens is 2. The summed E-state index contributed by atoms with van der Waals surface area (Å²) >= 11 is 5.74. The van der Waals surface area contributed by atoms with Crippen molar-refractivity contribution in [2.45, 2.75) is 25.9 Å². The Kier molecular flexibility index (Phi) is 5.53. The van der Waals surface area contributed by atoms with E-state index in [9.17, 15) is 0 Å². The van der Waals surface area contributed by atoms with E-state index >= 15 is 0 Å². The van der Waals surface area contributed by atoms with Crippen molar-refractivity contribution in [1.82, 2.24) is 19.8 Å². The summed E-state index contributed by atoms with van der Waals surface area (Å²) in [6, 6.07) is 18.4. The van der Waals surface area contributed by atoms with Gasteiger partial charge in [0.1, 0.15) is 5.75 Å². The molecule has 1 N–H and O–H groups in total. The zero-order valence-electron chi connectivity index (χ0n) is 16.9. The van der Waals surface area contributed by atoms with Crippen LogP contribution < -0.4 is 10.1 Å². The van der Waals surface area contributed by atoms with Crippen molar-refractivity contribution in [1.29, 1.82) is 0 Å². The van der Waals surface area contributed by atoms with Gasteiger partial charge in [-0.1, -0.05) is 26.0 Å². The Morgan fingerprint density at radius 2 is 2.00 bits per heavy atom. The average molecular weight is 407 g/mol. The van der Waals surface area contributed by atoms with Crippen LogP contribution in [0, 0.1) is 5.92 Å². The number of hydrogen-bond acceptors (Lipinski definition) is 3. The van der Waals surface area contributed by atoms with Crippen LogP contribution in [0.3, 0.4) is 0 Å². The van der Waals surface area contributed by atoms with Gasteiger partial charge in [-0.15, -0.1) is 0 Å². The summed E-state index contributed by atoms with van der Waals surface area (Å²) in [6.45, 7) is 5.31. The number of pyridine rings is 1. The molecule has 3 aromatic rings. The predicted octanol–water partition coefficient (Wildman–Crippen LogP) is 4.51. The highest BCUT2D eigenvalue weighted by molar-refractivity contribution is 7.80. The highest BCUT2D eigenvalue weighted by atomic mass is 32.1. The third kappa shape index (κ3) is 3.85. The maximum atomic E-state index is 5.74. The first-order valence-electron chi connectivity index (χ1n) is 9.88. The fourth-order valence-electron chi connectivity index (χ4n) is 3.95. The first-order valence-corrected chi connectivity index (χ1v) is 10.3. The summed E-state index contributed by atoms with van der Waals surface area (Å²) in [7, 11) is 1.69. The fraction of sp³-hybridized carbons (Fsp3) is 0.304. The number of rotatable bonds is 6. The topological polar surface area (TPSA) is 42.3 Å². The Labute approximate surface area is 177 Å². The molecular formula is C23H26N4OS. The predicted molar refractivity (Wildman–Crippen MR) is 119 cm³/mol. The smallest absolute Gasteiger partial charge is 0.170 e. The summed E-state index contributed by atoms with van der Waals surface area (Å²) in [4.78, 5) is 6.92. The zero-order chi connectivity index (χ0) is 20.4. The van der Waals surface area contributed by atoms with Gasteiger partial charge in [0.25, 0.3) is 0 Å². The molecule has 1 aromatic carbocycles. The molecule has 6 heteroatoms. The standard InChI is InChI=1S/C23H26N4OS/c1-16(2)15-27-22(21(25-23(27)29)19-10-4-5-12-24-19)20-11-7-13-26(20)17-8-6-9-18(14-17)28-3/h4-14,16,21-22H,15H2,1-3H3,(H,25,29). The fourth-order valence-corrected chi connectivity index (χ4v) is 4.26. The molecule has 5 nitrogen and oxygen atoms in total. The molecule has 29 heavy (non-hydrogen) atoms. The maximum absolute atomic E-state index is 5.74. The molecule has 0 radical (unpaired) electrons. The maximum Gasteiger partial charge on any atom is 0.170 e. The number of nitrogens with one attached hydrogen (secondary N) is 1. The molecule has 0 amide bonds. The third-order valence-corrected chi connectivity index (χ3v) is 5.53. The minimum atomic E-state index is -0.0123. The zero-order valence-corrected chi connectivity index (χ0v) is 17.8. The molecule has 0 aliphatic carbocycles. The van der Waals surface area contributed by atoms with Crippen LogP contribution in [0.1, 0.15) is 37.3 Å². The van der Waals surface area contributed by atoms with Gasteiger partial charge in [0.15, 0.2) is 5.11 Å². The van der Waals surface area contributed by atoms with Gasteiger partial charge in [-0.2, -0.15) is 0 Å². The Balaban J connectivity index is 1.81. The van der Waals surface area contributed by atoms with Crippen LogP contribution in [0.25, 0.3) is 5.69 Å². The van der Waals surface area contributed by atoms with E-state index in [1.54, 1.807) is 7.11 Å². The molecule has 3 heterocycles. The van der Waals surface area contributed by atoms with E-state index in [0.29, 0.717) is 5.92 Å². The van der Waals surface area contributed by atoms with Crippen molar-refractivity contribution in [3.63, 3.8) is 0 Å². The quantitative estimate of drug-likeness (QED) is 0.610. The van der Waals surface area contributed by atoms with Crippen LogP contribution in [0.2, 0.25) is 0 Å². The van der Waals surface area contributed by atoms with Crippen LogP contribution >= 0.6 is 12.2 Å². The monoisotopic (exact) mass is 406 g/mol. The van der Waals surface area contributed by atoms with E-state index in [1.807, 2.05) is 36.5 Å². The van der Waals surface area contributed by atoms with Gasteiger partial charge in [-0.3, -0.25) is 4.98 Å². The molecule has 2 atom stereocenters. The van der Waals surface area contributed by atoms with Gasteiger partial charge in [0, 0.05) is 36.4 Å². The molecule has 2 aromatic heterocycles. The van der Waals surface area contributed by atoms with Crippen molar-refractivity contribution >= 4 is 17.3 Å². The Hall–Kier alpha value is -2.86. The lowest BCUT2D eigenvalue weighted by Gasteiger charge is -2.30. The largest absolute Gasteiger partial charge is 0.497 e. The molecule has 2 unspecified atom stereocenters. The normalized spacial score (nSPS) is 18.9. The SMILES string of the molecule is COc1cccc(-n2cccc2C2C(c3ccccn3)NC(=S)N2CC(C)C)c1. The Morgan fingerprint density at radius 1 is 1.14 bits per heavy atom. The van der Waals surface area contributed by atoms with E-state index in [0.717, 1.165) is 28.8 Å². The van der Waals surface area contributed by atoms with E-state index < -0.39 is 0 Å². The van der Waals surface area contributed by atoms with E-state index in [2.05, 4.69) is 64.1 Å². The third-order valence-electron chi connectivity index (χ3n) is 5.17. The number of hydrogen-bond donors (Lipinski definition) is 1. The number of benzene rings is 1. The van der Waals surface area contributed by atoms with Crippen molar-refractivity contribution < 1.29 is 4.74 Å². The molecule has 0 spiro atoms. The Morgan fingerprint density at radius 3 is 2.72 bits per heavy atom. The van der Waals surface area contributed by atoms with Crippen LogP contribution in [0.15, 0.2) is 67.0 Å².